The van der Waals surface area contributed by atoms with Gasteiger partial charge in [0.1, 0.15) is 12.4 Å². The Morgan fingerprint density at radius 2 is 2.03 bits per heavy atom. The summed E-state index contributed by atoms with van der Waals surface area (Å²) in [7, 11) is 1.98. The molecule has 0 radical (unpaired) electrons. The molecule has 1 aliphatic heterocycles. The van der Waals surface area contributed by atoms with Gasteiger partial charge in [-0.2, -0.15) is 0 Å². The summed E-state index contributed by atoms with van der Waals surface area (Å²) in [5, 5.41) is 17.7. The van der Waals surface area contributed by atoms with Gasteiger partial charge in [0.2, 0.25) is 0 Å². The molecule has 31 heavy (non-hydrogen) atoms. The maximum Gasteiger partial charge on any atom is 0.192 e. The average Bonchev–Trinajstić information content (AvgIpc) is 3.41. The van der Waals surface area contributed by atoms with E-state index in [0.29, 0.717) is 12.6 Å². The van der Waals surface area contributed by atoms with Crippen molar-refractivity contribution >= 4 is 23.0 Å². The third-order valence-electron chi connectivity index (χ3n) is 5.73. The topological polar surface area (TPSA) is 70.4 Å². The fourth-order valence-electron chi connectivity index (χ4n) is 3.75. The number of anilines is 1. The second-order valence-electron chi connectivity index (χ2n) is 8.09. The number of hydrogen-bond acceptors (Lipinski definition) is 5. The number of nitrogens with one attached hydrogen (secondary N) is 2. The lowest BCUT2D eigenvalue weighted by Gasteiger charge is -2.35. The first kappa shape index (κ1) is 21.4. The van der Waals surface area contributed by atoms with E-state index in [2.05, 4.69) is 74.4 Å². The highest BCUT2D eigenvalue weighted by atomic mass is 32.1. The average molecular weight is 438 g/mol. The van der Waals surface area contributed by atoms with E-state index < -0.39 is 0 Å². The molecule has 0 aliphatic carbocycles. The molecule has 0 spiro atoms. The number of thiophene rings is 1. The maximum absolute atomic E-state index is 4.83. The number of rotatable bonds is 6. The number of hydrogen-bond donors (Lipinski definition) is 2. The second kappa shape index (κ2) is 9.96. The quantitative estimate of drug-likeness (QED) is 0.457. The highest BCUT2D eigenvalue weighted by molar-refractivity contribution is 7.09. The van der Waals surface area contributed by atoms with Gasteiger partial charge in [0.05, 0.1) is 6.54 Å². The molecule has 8 heteroatoms. The molecular weight excluding hydrogens is 406 g/mol. The van der Waals surface area contributed by atoms with Crippen LogP contribution in [0.5, 0.6) is 0 Å². The van der Waals surface area contributed by atoms with Crippen molar-refractivity contribution in [2.45, 2.75) is 45.8 Å². The summed E-state index contributed by atoms with van der Waals surface area (Å²) in [4.78, 5) is 8.58. The Morgan fingerprint density at radius 3 is 2.74 bits per heavy atom. The second-order valence-corrected chi connectivity index (χ2v) is 9.12. The molecule has 3 heterocycles. The summed E-state index contributed by atoms with van der Waals surface area (Å²) in [5.41, 5.74) is 2.58. The van der Waals surface area contributed by atoms with Gasteiger partial charge in [-0.25, -0.2) is 4.99 Å². The molecular formula is C23H31N7S. The summed E-state index contributed by atoms with van der Waals surface area (Å²) >= 11 is 1.75. The van der Waals surface area contributed by atoms with Gasteiger partial charge in [-0.15, -0.1) is 21.5 Å². The fourth-order valence-corrected chi connectivity index (χ4v) is 4.40. The highest BCUT2D eigenvalue weighted by Gasteiger charge is 2.21. The Morgan fingerprint density at radius 1 is 1.19 bits per heavy atom. The molecule has 4 rings (SSSR count). The monoisotopic (exact) mass is 437 g/mol. The van der Waals surface area contributed by atoms with Gasteiger partial charge >= 0.3 is 0 Å². The van der Waals surface area contributed by atoms with E-state index in [1.807, 2.05) is 18.5 Å². The minimum atomic E-state index is 0.339. The van der Waals surface area contributed by atoms with Crippen LogP contribution in [-0.4, -0.2) is 39.9 Å². The van der Waals surface area contributed by atoms with Crippen LogP contribution in [0.15, 0.2) is 46.8 Å². The SMILES string of the molecule is Cc1ccc(N2CCCC(NC(=NCc3nnc(C)n3C)NCc3cccs3)C2)cc1. The van der Waals surface area contributed by atoms with Gasteiger partial charge in [-0.1, -0.05) is 23.8 Å². The zero-order valence-electron chi connectivity index (χ0n) is 18.5. The Hall–Kier alpha value is -2.87. The molecule has 1 fully saturated rings. The largest absolute Gasteiger partial charge is 0.369 e. The summed E-state index contributed by atoms with van der Waals surface area (Å²) < 4.78 is 1.99. The van der Waals surface area contributed by atoms with E-state index in [0.717, 1.165) is 50.1 Å². The smallest absolute Gasteiger partial charge is 0.192 e. The van der Waals surface area contributed by atoms with Crippen molar-refractivity contribution in [1.29, 1.82) is 0 Å². The molecule has 164 valence electrons. The van der Waals surface area contributed by atoms with Crippen molar-refractivity contribution in [3.63, 3.8) is 0 Å². The predicted octanol–water partition coefficient (Wildman–Crippen LogP) is 3.40. The van der Waals surface area contributed by atoms with E-state index in [1.54, 1.807) is 11.3 Å². The predicted molar refractivity (Wildman–Crippen MR) is 128 cm³/mol. The maximum atomic E-state index is 4.83. The van der Waals surface area contributed by atoms with Crippen molar-refractivity contribution in [2.24, 2.45) is 12.0 Å². The van der Waals surface area contributed by atoms with E-state index in [1.165, 1.54) is 16.1 Å². The Labute approximate surface area is 188 Å². The lowest BCUT2D eigenvalue weighted by Crippen LogP contribution is -2.51. The fraction of sp³-hybridized carbons (Fsp3) is 0.435. The summed E-state index contributed by atoms with van der Waals surface area (Å²) in [6.07, 6.45) is 2.29. The van der Waals surface area contributed by atoms with Crippen LogP contribution in [0.1, 0.15) is 34.9 Å². The van der Waals surface area contributed by atoms with E-state index >= 15 is 0 Å². The molecule has 1 aromatic carbocycles. The number of aliphatic imine (C=N–C) groups is 1. The Kier molecular flexibility index (Phi) is 6.86. The van der Waals surface area contributed by atoms with E-state index in [4.69, 9.17) is 4.99 Å². The molecule has 2 aromatic heterocycles. The number of piperidine rings is 1. The lowest BCUT2D eigenvalue weighted by molar-refractivity contribution is 0.467. The van der Waals surface area contributed by atoms with Crippen molar-refractivity contribution in [3.05, 3.63) is 63.9 Å². The normalized spacial score (nSPS) is 17.1. The van der Waals surface area contributed by atoms with Crippen LogP contribution in [0.2, 0.25) is 0 Å². The standard InChI is InChI=1S/C23H31N7S/c1-17-8-10-20(11-9-17)30-12-4-6-19(16-30)26-23(24-14-21-7-5-13-31-21)25-15-22-28-27-18(2)29(22)3/h5,7-11,13,19H,4,6,12,14-16H2,1-3H3,(H2,24,25,26). The molecule has 1 saturated heterocycles. The molecule has 0 bridgehead atoms. The van der Waals surface area contributed by atoms with Gasteiger partial charge in [-0.3, -0.25) is 0 Å². The first-order valence-electron chi connectivity index (χ1n) is 10.8. The van der Waals surface area contributed by atoms with E-state index in [-0.39, 0.29) is 0 Å². The van der Waals surface area contributed by atoms with Gasteiger partial charge in [0, 0.05) is 36.7 Å². The van der Waals surface area contributed by atoms with Gasteiger partial charge in [-0.05, 0) is 50.3 Å². The molecule has 1 atom stereocenters. The number of guanidine groups is 1. The Bertz CT molecular complexity index is 992. The van der Waals surface area contributed by atoms with Crippen LogP contribution in [0, 0.1) is 13.8 Å². The lowest BCUT2D eigenvalue weighted by atomic mass is 10.0. The molecule has 1 aliphatic rings. The third kappa shape index (κ3) is 5.64. The number of nitrogens with zero attached hydrogens (tertiary/aromatic N) is 5. The van der Waals surface area contributed by atoms with Crippen molar-refractivity contribution < 1.29 is 0 Å². The zero-order chi connectivity index (χ0) is 21.6. The summed E-state index contributed by atoms with van der Waals surface area (Å²) in [6, 6.07) is 13.4. The number of aryl methyl sites for hydroxylation is 2. The first-order chi connectivity index (χ1) is 15.1. The van der Waals surface area contributed by atoms with Crippen molar-refractivity contribution in [3.8, 4) is 0 Å². The van der Waals surface area contributed by atoms with Crippen LogP contribution in [0.4, 0.5) is 5.69 Å². The first-order valence-corrected chi connectivity index (χ1v) is 11.7. The molecule has 0 amide bonds. The number of benzene rings is 1. The zero-order valence-corrected chi connectivity index (χ0v) is 19.3. The molecule has 2 N–H and O–H groups in total. The molecule has 7 nitrogen and oxygen atoms in total. The van der Waals surface area contributed by atoms with Gasteiger partial charge in [0.15, 0.2) is 11.8 Å². The van der Waals surface area contributed by atoms with Crippen LogP contribution >= 0.6 is 11.3 Å². The van der Waals surface area contributed by atoms with E-state index in [9.17, 15) is 0 Å². The van der Waals surface area contributed by atoms with Crippen LogP contribution in [0.3, 0.4) is 0 Å². The summed E-state index contributed by atoms with van der Waals surface area (Å²) in [5.74, 6) is 2.58. The van der Waals surface area contributed by atoms with Crippen LogP contribution < -0.4 is 15.5 Å². The highest BCUT2D eigenvalue weighted by Crippen LogP contribution is 2.20. The third-order valence-corrected chi connectivity index (χ3v) is 6.61. The minimum absolute atomic E-state index is 0.339. The number of aromatic nitrogens is 3. The molecule has 0 saturated carbocycles. The van der Waals surface area contributed by atoms with Gasteiger partial charge in [0.25, 0.3) is 0 Å². The van der Waals surface area contributed by atoms with Crippen LogP contribution in [0.25, 0.3) is 0 Å². The minimum Gasteiger partial charge on any atom is -0.369 e. The van der Waals surface area contributed by atoms with Crippen LogP contribution in [-0.2, 0) is 20.1 Å². The Balaban J connectivity index is 1.44. The van der Waals surface area contributed by atoms with Crippen molar-refractivity contribution in [1.82, 2.24) is 25.4 Å². The van der Waals surface area contributed by atoms with Gasteiger partial charge < -0.3 is 20.1 Å². The molecule has 3 aromatic rings. The molecule has 1 unspecified atom stereocenters. The summed E-state index contributed by atoms with van der Waals surface area (Å²) in [6.45, 7) is 7.39. The van der Waals surface area contributed by atoms with Crippen molar-refractivity contribution in [2.75, 3.05) is 18.0 Å².